The summed E-state index contributed by atoms with van der Waals surface area (Å²) in [5.41, 5.74) is 1.42. The molecule has 2 nitrogen and oxygen atoms in total. The minimum atomic E-state index is 1.01. The second-order valence-corrected chi connectivity index (χ2v) is 2.85. The maximum Gasteiger partial charge on any atom is 0.0675 e. The molecule has 2 heteroatoms. The van der Waals surface area contributed by atoms with Crippen molar-refractivity contribution >= 4 is 0 Å². The smallest absolute Gasteiger partial charge is 0.0675 e. The molecule has 10 heavy (non-hydrogen) atoms. The van der Waals surface area contributed by atoms with E-state index < -0.39 is 0 Å². The fraction of sp³-hybridized carbons (Fsp3) is 0.750. The van der Waals surface area contributed by atoms with Gasteiger partial charge in [-0.1, -0.05) is 19.4 Å². The van der Waals surface area contributed by atoms with Crippen LogP contribution in [0.25, 0.3) is 0 Å². The third-order valence-electron chi connectivity index (χ3n) is 1.74. The highest BCUT2D eigenvalue weighted by Gasteiger charge is 2.03. The Morgan fingerprint density at radius 3 is 3.00 bits per heavy atom. The molecule has 0 bridgehead atoms. The van der Waals surface area contributed by atoms with Crippen molar-refractivity contribution in [1.29, 1.82) is 0 Å². The summed E-state index contributed by atoms with van der Waals surface area (Å²) < 4.78 is 0. The van der Waals surface area contributed by atoms with Crippen LogP contribution in [0.1, 0.15) is 19.8 Å². The van der Waals surface area contributed by atoms with Crippen molar-refractivity contribution in [3.05, 3.63) is 11.8 Å². The maximum atomic E-state index is 3.36. The summed E-state index contributed by atoms with van der Waals surface area (Å²) in [5, 5.41) is 3.36. The minimum Gasteiger partial charge on any atom is -0.376 e. The van der Waals surface area contributed by atoms with E-state index in [1.165, 1.54) is 18.5 Å². The van der Waals surface area contributed by atoms with Crippen molar-refractivity contribution in [1.82, 2.24) is 10.2 Å². The summed E-state index contributed by atoms with van der Waals surface area (Å²) in [5.74, 6) is 0. The van der Waals surface area contributed by atoms with Crippen LogP contribution in [-0.4, -0.2) is 25.2 Å². The van der Waals surface area contributed by atoms with Gasteiger partial charge in [-0.05, 0) is 13.5 Å². The Labute approximate surface area is 62.9 Å². The molecule has 1 aliphatic rings. The van der Waals surface area contributed by atoms with E-state index in [2.05, 4.69) is 30.3 Å². The number of hydrogen-bond acceptors (Lipinski definition) is 2. The van der Waals surface area contributed by atoms with Gasteiger partial charge in [-0.15, -0.1) is 0 Å². The number of rotatable bonds is 2. The third-order valence-corrected chi connectivity index (χ3v) is 1.74. The monoisotopic (exact) mass is 140 g/mol. The van der Waals surface area contributed by atoms with Crippen LogP contribution >= 0.6 is 0 Å². The Morgan fingerprint density at radius 1 is 1.70 bits per heavy atom. The van der Waals surface area contributed by atoms with Crippen LogP contribution in [0.4, 0.5) is 0 Å². The minimum absolute atomic E-state index is 1.01. The molecule has 0 fully saturated rings. The fourth-order valence-corrected chi connectivity index (χ4v) is 1.10. The molecule has 0 radical (unpaired) electrons. The van der Waals surface area contributed by atoms with Gasteiger partial charge in [-0.3, -0.25) is 4.90 Å². The van der Waals surface area contributed by atoms with E-state index in [0.717, 1.165) is 13.2 Å². The van der Waals surface area contributed by atoms with E-state index >= 15 is 0 Å². The first kappa shape index (κ1) is 7.61. The molecule has 1 rings (SSSR count). The highest BCUT2D eigenvalue weighted by molar-refractivity contribution is 5.03. The topological polar surface area (TPSA) is 15.3 Å². The van der Waals surface area contributed by atoms with Crippen molar-refractivity contribution in [2.45, 2.75) is 19.8 Å². The number of likely N-dealkylation sites (N-methyl/N-ethyl adjacent to an activating group) is 1. The first-order valence-electron chi connectivity index (χ1n) is 3.94. The Kier molecular flexibility index (Phi) is 2.75. The summed E-state index contributed by atoms with van der Waals surface area (Å²) in [6.07, 6.45) is 4.71. The normalized spacial score (nSPS) is 20.0. The molecule has 0 aromatic carbocycles. The predicted molar refractivity (Wildman–Crippen MR) is 43.6 cm³/mol. The third kappa shape index (κ3) is 2.03. The van der Waals surface area contributed by atoms with Gasteiger partial charge >= 0.3 is 0 Å². The van der Waals surface area contributed by atoms with Crippen LogP contribution in [0.5, 0.6) is 0 Å². The summed E-state index contributed by atoms with van der Waals surface area (Å²) in [7, 11) is 2.12. The van der Waals surface area contributed by atoms with Gasteiger partial charge in [-0.2, -0.15) is 0 Å². The van der Waals surface area contributed by atoms with Gasteiger partial charge in [0.2, 0.25) is 0 Å². The Hall–Kier alpha value is -0.500. The van der Waals surface area contributed by atoms with E-state index in [9.17, 15) is 0 Å². The van der Waals surface area contributed by atoms with Crippen molar-refractivity contribution < 1.29 is 0 Å². The quantitative estimate of drug-likeness (QED) is 0.619. The van der Waals surface area contributed by atoms with Gasteiger partial charge < -0.3 is 5.32 Å². The summed E-state index contributed by atoms with van der Waals surface area (Å²) in [4.78, 5) is 2.25. The highest BCUT2D eigenvalue weighted by atomic mass is 15.2. The lowest BCUT2D eigenvalue weighted by atomic mass is 10.2. The zero-order chi connectivity index (χ0) is 7.40. The molecule has 0 amide bonds. The van der Waals surface area contributed by atoms with Crippen LogP contribution in [0.15, 0.2) is 11.8 Å². The van der Waals surface area contributed by atoms with Crippen molar-refractivity contribution in [3.8, 4) is 0 Å². The second kappa shape index (κ2) is 3.62. The van der Waals surface area contributed by atoms with Gasteiger partial charge in [0.25, 0.3) is 0 Å². The van der Waals surface area contributed by atoms with Crippen molar-refractivity contribution in [2.75, 3.05) is 20.3 Å². The van der Waals surface area contributed by atoms with Crippen molar-refractivity contribution in [2.24, 2.45) is 0 Å². The largest absolute Gasteiger partial charge is 0.376 e. The number of nitrogens with one attached hydrogen (secondary N) is 1. The van der Waals surface area contributed by atoms with Gasteiger partial charge in [0.05, 0.1) is 6.67 Å². The van der Waals surface area contributed by atoms with Crippen LogP contribution in [-0.2, 0) is 0 Å². The van der Waals surface area contributed by atoms with Gasteiger partial charge in [-0.25, -0.2) is 0 Å². The van der Waals surface area contributed by atoms with Gasteiger partial charge in [0.15, 0.2) is 0 Å². The molecule has 0 atom stereocenters. The van der Waals surface area contributed by atoms with Gasteiger partial charge in [0, 0.05) is 12.2 Å². The first-order chi connectivity index (χ1) is 4.83. The van der Waals surface area contributed by atoms with Crippen LogP contribution in [0.3, 0.4) is 0 Å². The summed E-state index contributed by atoms with van der Waals surface area (Å²) in [6, 6.07) is 0. The lowest BCUT2D eigenvalue weighted by molar-refractivity contribution is 0.330. The number of hydrogen-bond donors (Lipinski definition) is 1. The Bertz CT molecular complexity index is 129. The summed E-state index contributed by atoms with van der Waals surface area (Å²) >= 11 is 0. The molecule has 1 aliphatic heterocycles. The Morgan fingerprint density at radius 2 is 2.50 bits per heavy atom. The molecule has 0 aliphatic carbocycles. The average Bonchev–Trinajstić information content (AvgIpc) is 1.95. The SMILES string of the molecule is CCCC1=CCN(C)CN1. The number of nitrogens with zero attached hydrogens (tertiary/aromatic N) is 1. The van der Waals surface area contributed by atoms with Gasteiger partial charge in [0.1, 0.15) is 0 Å². The van der Waals surface area contributed by atoms with Crippen LogP contribution in [0.2, 0.25) is 0 Å². The van der Waals surface area contributed by atoms with Crippen LogP contribution in [0, 0.1) is 0 Å². The molecular formula is C8H16N2. The van der Waals surface area contributed by atoms with Crippen molar-refractivity contribution in [3.63, 3.8) is 0 Å². The molecule has 1 N–H and O–H groups in total. The lowest BCUT2D eigenvalue weighted by Crippen LogP contribution is -2.35. The molecule has 0 aromatic heterocycles. The lowest BCUT2D eigenvalue weighted by Gasteiger charge is -2.23. The molecular weight excluding hydrogens is 124 g/mol. The van der Waals surface area contributed by atoms with Crippen LogP contribution < -0.4 is 5.32 Å². The molecule has 0 saturated heterocycles. The highest BCUT2D eigenvalue weighted by Crippen LogP contribution is 2.04. The first-order valence-corrected chi connectivity index (χ1v) is 3.94. The fourth-order valence-electron chi connectivity index (χ4n) is 1.10. The standard InChI is InChI=1S/C8H16N2/c1-3-4-8-5-6-10(2)7-9-8/h5,9H,3-4,6-7H2,1-2H3. The molecule has 0 unspecified atom stereocenters. The molecule has 0 spiro atoms. The number of allylic oxidation sites excluding steroid dienone is 1. The predicted octanol–water partition coefficient (Wildman–Crippen LogP) is 1.16. The summed E-state index contributed by atoms with van der Waals surface area (Å²) in [6.45, 7) is 4.31. The zero-order valence-electron chi connectivity index (χ0n) is 6.85. The van der Waals surface area contributed by atoms with E-state index in [-0.39, 0.29) is 0 Å². The van der Waals surface area contributed by atoms with E-state index in [0.29, 0.717) is 0 Å². The Balaban J connectivity index is 2.33. The second-order valence-electron chi connectivity index (χ2n) is 2.85. The maximum absolute atomic E-state index is 3.36. The molecule has 0 aromatic rings. The molecule has 1 heterocycles. The van der Waals surface area contributed by atoms with E-state index in [1.54, 1.807) is 0 Å². The average molecular weight is 140 g/mol. The molecule has 0 saturated carbocycles. The molecule has 58 valence electrons. The zero-order valence-corrected chi connectivity index (χ0v) is 6.85. The van der Waals surface area contributed by atoms with E-state index in [1.807, 2.05) is 0 Å². The van der Waals surface area contributed by atoms with E-state index in [4.69, 9.17) is 0 Å².